The van der Waals surface area contributed by atoms with Gasteiger partial charge in [-0.05, 0) is 86.6 Å². The zero-order valence-corrected chi connectivity index (χ0v) is 21.1. The van der Waals surface area contributed by atoms with Gasteiger partial charge in [0.1, 0.15) is 17.0 Å². The lowest BCUT2D eigenvalue weighted by Crippen LogP contribution is -2.47. The van der Waals surface area contributed by atoms with Gasteiger partial charge in [0.2, 0.25) is 5.91 Å². The third-order valence-corrected chi connectivity index (χ3v) is 7.01. The number of ether oxygens (including phenoxy) is 1. The lowest BCUT2D eigenvalue weighted by molar-refractivity contribution is -0.120. The summed E-state index contributed by atoms with van der Waals surface area (Å²) in [7, 11) is 1.60. The first-order valence-electron chi connectivity index (χ1n) is 11.4. The van der Waals surface area contributed by atoms with Crippen molar-refractivity contribution < 1.29 is 14.3 Å². The molecule has 1 fully saturated rings. The minimum absolute atomic E-state index is 0.0488. The van der Waals surface area contributed by atoms with E-state index in [1.807, 2.05) is 56.3 Å². The number of thioether (sulfide) groups is 1. The lowest BCUT2D eigenvalue weighted by Gasteiger charge is -2.23. The molecule has 1 saturated carbocycles. The summed E-state index contributed by atoms with van der Waals surface area (Å²) >= 11 is 1.19. The van der Waals surface area contributed by atoms with E-state index in [4.69, 9.17) is 4.74 Å². The molecule has 0 saturated heterocycles. The Morgan fingerprint density at radius 2 is 1.91 bits per heavy atom. The molecule has 1 unspecified atom stereocenters. The highest BCUT2D eigenvalue weighted by atomic mass is 32.2. The first-order chi connectivity index (χ1) is 16.7. The zero-order chi connectivity index (χ0) is 25.2. The summed E-state index contributed by atoms with van der Waals surface area (Å²) in [5.41, 5.74) is 3.00. The SMILES string of the molecule is COc1ccc(C=C2N=C(SCC(=O)NC(C)(C#N)C3CC3)N(c3cc(C)cc(C)c3)C2=O)cc1. The predicted molar refractivity (Wildman–Crippen MR) is 139 cm³/mol. The molecular formula is C27H28N4O3S. The Hall–Kier alpha value is -3.57. The number of aryl methyl sites for hydroxylation is 2. The lowest BCUT2D eigenvalue weighted by atomic mass is 9.98. The first kappa shape index (κ1) is 24.6. The van der Waals surface area contributed by atoms with Gasteiger partial charge in [-0.2, -0.15) is 5.26 Å². The molecule has 1 N–H and O–H groups in total. The van der Waals surface area contributed by atoms with Crippen LogP contribution in [0.3, 0.4) is 0 Å². The Bertz CT molecular complexity index is 1240. The fourth-order valence-electron chi connectivity index (χ4n) is 4.10. The molecule has 8 heteroatoms. The number of nitrogens with one attached hydrogen (secondary N) is 1. The highest BCUT2D eigenvalue weighted by Crippen LogP contribution is 2.39. The molecule has 1 atom stereocenters. The number of rotatable bonds is 7. The third kappa shape index (κ3) is 5.57. The highest BCUT2D eigenvalue weighted by molar-refractivity contribution is 8.14. The number of carbonyl (C=O) groups excluding carboxylic acids is 2. The predicted octanol–water partition coefficient (Wildman–Crippen LogP) is 4.60. The number of hydrogen-bond donors (Lipinski definition) is 1. The summed E-state index contributed by atoms with van der Waals surface area (Å²) in [6, 6.07) is 15.5. The number of methoxy groups -OCH3 is 1. The number of amides is 2. The van der Waals surface area contributed by atoms with Gasteiger partial charge in [-0.25, -0.2) is 4.99 Å². The maximum absolute atomic E-state index is 13.4. The number of benzene rings is 2. The van der Waals surface area contributed by atoms with Crippen molar-refractivity contribution in [1.82, 2.24) is 5.32 Å². The second-order valence-electron chi connectivity index (χ2n) is 9.11. The Morgan fingerprint density at radius 1 is 1.26 bits per heavy atom. The zero-order valence-electron chi connectivity index (χ0n) is 20.3. The number of carbonyl (C=O) groups is 2. The van der Waals surface area contributed by atoms with Crippen molar-refractivity contribution >= 4 is 40.5 Å². The molecule has 180 valence electrons. The number of amidine groups is 1. The van der Waals surface area contributed by atoms with E-state index in [0.29, 0.717) is 10.9 Å². The monoisotopic (exact) mass is 488 g/mol. The summed E-state index contributed by atoms with van der Waals surface area (Å²) in [6.07, 6.45) is 3.61. The third-order valence-electron chi connectivity index (χ3n) is 6.07. The molecule has 1 aliphatic carbocycles. The van der Waals surface area contributed by atoms with E-state index >= 15 is 0 Å². The van der Waals surface area contributed by atoms with E-state index in [1.54, 1.807) is 25.0 Å². The van der Waals surface area contributed by atoms with E-state index in [1.165, 1.54) is 11.8 Å². The van der Waals surface area contributed by atoms with E-state index in [9.17, 15) is 14.9 Å². The number of nitriles is 1. The maximum Gasteiger partial charge on any atom is 0.283 e. The molecule has 1 heterocycles. The Morgan fingerprint density at radius 3 is 2.49 bits per heavy atom. The van der Waals surface area contributed by atoms with Gasteiger partial charge in [0.05, 0.1) is 24.6 Å². The standard InChI is InChI=1S/C27H28N4O3S/c1-17-11-18(2)13-21(12-17)31-25(33)23(14-19-5-9-22(34-4)10-6-19)29-26(31)35-15-24(32)30-27(3,16-28)20-7-8-20/h5-6,9-14,20H,7-8,15H2,1-4H3,(H,30,32). The molecule has 2 aliphatic rings. The van der Waals surface area contributed by atoms with Gasteiger partial charge in [-0.1, -0.05) is 30.0 Å². The minimum atomic E-state index is -0.863. The molecule has 2 aromatic carbocycles. The molecule has 4 rings (SSSR count). The van der Waals surface area contributed by atoms with Crippen molar-refractivity contribution in [1.29, 1.82) is 5.26 Å². The first-order valence-corrected chi connectivity index (χ1v) is 12.4. The number of aliphatic imine (C=N–C) groups is 1. The van der Waals surface area contributed by atoms with Crippen LogP contribution in [0, 0.1) is 31.1 Å². The van der Waals surface area contributed by atoms with Crippen LogP contribution in [0.15, 0.2) is 53.2 Å². The molecular weight excluding hydrogens is 460 g/mol. The number of nitrogens with zero attached hydrogens (tertiary/aromatic N) is 3. The fraction of sp³-hybridized carbons (Fsp3) is 0.333. The summed E-state index contributed by atoms with van der Waals surface area (Å²) in [4.78, 5) is 32.3. The molecule has 2 aromatic rings. The average molecular weight is 489 g/mol. The fourth-order valence-corrected chi connectivity index (χ4v) is 4.91. The molecule has 0 radical (unpaired) electrons. The van der Waals surface area contributed by atoms with Crippen LogP contribution in [0.1, 0.15) is 36.5 Å². The van der Waals surface area contributed by atoms with Crippen LogP contribution < -0.4 is 15.0 Å². The van der Waals surface area contributed by atoms with Gasteiger partial charge in [0.15, 0.2) is 5.17 Å². The van der Waals surface area contributed by atoms with Crippen LogP contribution in [0.5, 0.6) is 5.75 Å². The van der Waals surface area contributed by atoms with Crippen LogP contribution in [0.25, 0.3) is 6.08 Å². The maximum atomic E-state index is 13.4. The summed E-state index contributed by atoms with van der Waals surface area (Å²) in [5, 5.41) is 12.8. The van der Waals surface area contributed by atoms with Crippen molar-refractivity contribution in [3.8, 4) is 11.8 Å². The summed E-state index contributed by atoms with van der Waals surface area (Å²) in [6.45, 7) is 5.72. The molecule has 0 bridgehead atoms. The van der Waals surface area contributed by atoms with Gasteiger partial charge in [0.25, 0.3) is 5.91 Å². The van der Waals surface area contributed by atoms with Crippen molar-refractivity contribution in [3.05, 3.63) is 64.9 Å². The quantitative estimate of drug-likeness (QED) is 0.575. The average Bonchev–Trinajstić information content (AvgIpc) is 3.63. The van der Waals surface area contributed by atoms with Gasteiger partial charge >= 0.3 is 0 Å². The van der Waals surface area contributed by atoms with Gasteiger partial charge < -0.3 is 10.1 Å². The van der Waals surface area contributed by atoms with E-state index in [0.717, 1.165) is 35.3 Å². The Labute approximate surface area is 209 Å². The summed E-state index contributed by atoms with van der Waals surface area (Å²) in [5.74, 6) is 0.455. The van der Waals surface area contributed by atoms with Gasteiger partial charge in [-0.3, -0.25) is 14.5 Å². The molecule has 7 nitrogen and oxygen atoms in total. The second-order valence-corrected chi connectivity index (χ2v) is 10.1. The van der Waals surface area contributed by atoms with Crippen LogP contribution in [0.2, 0.25) is 0 Å². The molecule has 0 aromatic heterocycles. The second kappa shape index (κ2) is 9.96. The normalized spacial score (nSPS) is 18.1. The van der Waals surface area contributed by atoms with Crippen molar-refractivity contribution in [3.63, 3.8) is 0 Å². The van der Waals surface area contributed by atoms with Crippen molar-refractivity contribution in [2.24, 2.45) is 10.9 Å². The Kier molecular flexibility index (Phi) is 6.99. The van der Waals surface area contributed by atoms with Crippen molar-refractivity contribution in [2.45, 2.75) is 39.2 Å². The van der Waals surface area contributed by atoms with Gasteiger partial charge in [0, 0.05) is 0 Å². The van der Waals surface area contributed by atoms with Crippen LogP contribution >= 0.6 is 11.8 Å². The van der Waals surface area contributed by atoms with Crippen LogP contribution in [0.4, 0.5) is 5.69 Å². The minimum Gasteiger partial charge on any atom is -0.497 e. The topological polar surface area (TPSA) is 94.8 Å². The highest BCUT2D eigenvalue weighted by Gasteiger charge is 2.43. The van der Waals surface area contributed by atoms with Crippen LogP contribution in [-0.2, 0) is 9.59 Å². The van der Waals surface area contributed by atoms with E-state index < -0.39 is 5.54 Å². The number of anilines is 1. The molecule has 1 aliphatic heterocycles. The van der Waals surface area contributed by atoms with Crippen LogP contribution in [-0.4, -0.2) is 35.4 Å². The smallest absolute Gasteiger partial charge is 0.283 e. The molecule has 35 heavy (non-hydrogen) atoms. The molecule has 0 spiro atoms. The van der Waals surface area contributed by atoms with Crippen molar-refractivity contribution in [2.75, 3.05) is 17.8 Å². The molecule has 2 amide bonds. The number of hydrogen-bond acceptors (Lipinski definition) is 6. The van der Waals surface area contributed by atoms with E-state index in [2.05, 4.69) is 16.4 Å². The van der Waals surface area contributed by atoms with Gasteiger partial charge in [-0.15, -0.1) is 0 Å². The summed E-state index contributed by atoms with van der Waals surface area (Å²) < 4.78 is 5.21. The Balaban J connectivity index is 1.59. The largest absolute Gasteiger partial charge is 0.497 e. The van der Waals surface area contributed by atoms with E-state index in [-0.39, 0.29) is 29.2 Å².